The first kappa shape index (κ1) is 22.1. The molecule has 0 bridgehead atoms. The fourth-order valence-electron chi connectivity index (χ4n) is 3.05. The van der Waals surface area contributed by atoms with E-state index in [2.05, 4.69) is 31.9 Å². The minimum Gasteiger partial charge on any atom is -0.295 e. The average molecular weight is 524 g/mol. The number of halogens is 8. The summed E-state index contributed by atoms with van der Waals surface area (Å²) in [6, 6.07) is 7.42. The van der Waals surface area contributed by atoms with Crippen molar-refractivity contribution in [2.75, 3.05) is 0 Å². The molecule has 3 nitrogen and oxygen atoms in total. The van der Waals surface area contributed by atoms with E-state index in [9.17, 15) is 40.7 Å². The molecule has 0 N–H and O–H groups in total. The Kier molecular flexibility index (Phi) is 5.71. The highest BCUT2D eigenvalue weighted by Gasteiger charge is 2.68. The number of carbonyl (C=O) groups is 3. The second-order valence-electron chi connectivity index (χ2n) is 6.10. The molecule has 0 radical (unpaired) electrons. The van der Waals surface area contributed by atoms with Gasteiger partial charge in [0.05, 0.1) is 0 Å². The van der Waals surface area contributed by atoms with Crippen molar-refractivity contribution < 1.29 is 40.7 Å². The van der Waals surface area contributed by atoms with E-state index in [4.69, 9.17) is 0 Å². The van der Waals surface area contributed by atoms with Gasteiger partial charge < -0.3 is 0 Å². The molecule has 148 valence electrons. The molecule has 0 heterocycles. The Balaban J connectivity index is 2.63. The van der Waals surface area contributed by atoms with Gasteiger partial charge in [-0.25, -0.2) is 0 Å². The standard InChI is InChI=1S/C16H10Br2F6O3/c17-13(11(26)15(19,20)21)6-9(8-4-2-1-3-5-8)7-14(18,10(13)25)12(27)16(22,23)24/h1-5,9H,6-7H2/t9?,13-,14+. The summed E-state index contributed by atoms with van der Waals surface area (Å²) in [5.74, 6) is -8.02. The van der Waals surface area contributed by atoms with Crippen molar-refractivity contribution in [1.82, 2.24) is 0 Å². The van der Waals surface area contributed by atoms with Gasteiger partial charge in [0.25, 0.3) is 11.6 Å². The molecular formula is C16H10Br2F6O3. The number of Topliss-reactive ketones (excluding diaryl/α,β-unsaturated/α-hetero) is 3. The predicted molar refractivity (Wildman–Crippen MR) is 88.9 cm³/mol. The Hall–Kier alpha value is -1.23. The Morgan fingerprint density at radius 2 is 1.22 bits per heavy atom. The lowest BCUT2D eigenvalue weighted by molar-refractivity contribution is -0.180. The molecule has 11 heteroatoms. The predicted octanol–water partition coefficient (Wildman–Crippen LogP) is 4.66. The van der Waals surface area contributed by atoms with Crippen LogP contribution in [0.4, 0.5) is 26.3 Å². The third-order valence-electron chi connectivity index (χ3n) is 4.28. The average Bonchev–Trinajstić information content (AvgIpc) is 2.57. The third kappa shape index (κ3) is 3.98. The molecule has 0 aliphatic heterocycles. The van der Waals surface area contributed by atoms with Crippen molar-refractivity contribution in [3.05, 3.63) is 35.9 Å². The number of rotatable bonds is 3. The van der Waals surface area contributed by atoms with E-state index < -0.39 is 57.1 Å². The van der Waals surface area contributed by atoms with Gasteiger partial charge in [0, 0.05) is 0 Å². The van der Waals surface area contributed by atoms with Gasteiger partial charge in [0.1, 0.15) is 0 Å². The van der Waals surface area contributed by atoms with Crippen LogP contribution in [-0.2, 0) is 14.4 Å². The Bertz CT molecular complexity index is 733. The zero-order chi connectivity index (χ0) is 20.8. The van der Waals surface area contributed by atoms with Crippen LogP contribution < -0.4 is 0 Å². The molecule has 27 heavy (non-hydrogen) atoms. The van der Waals surface area contributed by atoms with Crippen molar-refractivity contribution in [3.63, 3.8) is 0 Å². The number of carbonyl (C=O) groups excluding carboxylic acids is 3. The molecule has 3 atom stereocenters. The van der Waals surface area contributed by atoms with Gasteiger partial charge in [-0.3, -0.25) is 14.4 Å². The molecule has 0 amide bonds. The van der Waals surface area contributed by atoms with Crippen molar-refractivity contribution >= 4 is 49.2 Å². The van der Waals surface area contributed by atoms with Gasteiger partial charge in [-0.2, -0.15) is 26.3 Å². The topological polar surface area (TPSA) is 51.2 Å². The third-order valence-corrected chi connectivity index (χ3v) is 6.37. The van der Waals surface area contributed by atoms with Crippen molar-refractivity contribution in [2.45, 2.75) is 39.8 Å². The number of hydrogen-bond acceptors (Lipinski definition) is 3. The lowest BCUT2D eigenvalue weighted by atomic mass is 9.68. The SMILES string of the molecule is O=C(C(F)(F)F)[C@]1(Br)CC(c2ccccc2)C[C@](Br)(C(=O)C(F)(F)F)C1=O. The molecule has 0 aromatic heterocycles. The molecule has 1 unspecified atom stereocenters. The lowest BCUT2D eigenvalue weighted by Gasteiger charge is -2.42. The molecular weight excluding hydrogens is 514 g/mol. The second kappa shape index (κ2) is 6.98. The fraction of sp³-hybridized carbons (Fsp3) is 0.438. The molecule has 0 saturated heterocycles. The maximum absolute atomic E-state index is 13.0. The highest BCUT2D eigenvalue weighted by atomic mass is 79.9. The quantitative estimate of drug-likeness (QED) is 0.329. The summed E-state index contributed by atoms with van der Waals surface area (Å²) in [4.78, 5) is 36.4. The van der Waals surface area contributed by atoms with Gasteiger partial charge in [-0.1, -0.05) is 62.2 Å². The second-order valence-corrected chi connectivity index (χ2v) is 8.81. The molecule has 1 saturated carbocycles. The highest BCUT2D eigenvalue weighted by molar-refractivity contribution is 9.11. The first-order chi connectivity index (χ1) is 12.1. The minimum atomic E-state index is -5.49. The van der Waals surface area contributed by atoms with Crippen LogP contribution in [0.1, 0.15) is 24.3 Å². The lowest BCUT2D eigenvalue weighted by Crippen LogP contribution is -2.63. The maximum Gasteiger partial charge on any atom is 0.451 e. The van der Waals surface area contributed by atoms with Crippen LogP contribution in [0.25, 0.3) is 0 Å². The van der Waals surface area contributed by atoms with E-state index in [-0.39, 0.29) is 0 Å². The summed E-state index contributed by atoms with van der Waals surface area (Å²) >= 11 is 4.88. The van der Waals surface area contributed by atoms with Crippen molar-refractivity contribution in [3.8, 4) is 0 Å². The molecule has 2 rings (SSSR count). The monoisotopic (exact) mass is 522 g/mol. The first-order valence-electron chi connectivity index (χ1n) is 7.35. The zero-order valence-electron chi connectivity index (χ0n) is 13.1. The molecule has 1 fully saturated rings. The van der Waals surface area contributed by atoms with E-state index in [1.54, 1.807) is 6.07 Å². The highest BCUT2D eigenvalue weighted by Crippen LogP contribution is 2.53. The summed E-state index contributed by atoms with van der Waals surface area (Å²) in [6.07, 6.45) is -12.5. The van der Waals surface area contributed by atoms with Crippen LogP contribution in [-0.4, -0.2) is 38.4 Å². The van der Waals surface area contributed by atoms with Crippen LogP contribution in [0, 0.1) is 0 Å². The summed E-state index contributed by atoms with van der Waals surface area (Å²) in [7, 11) is 0. The molecule has 0 spiro atoms. The fourth-order valence-corrected chi connectivity index (χ4v) is 5.23. The van der Waals surface area contributed by atoms with E-state index in [0.29, 0.717) is 5.56 Å². The molecule has 1 aromatic carbocycles. The summed E-state index contributed by atoms with van der Waals surface area (Å²) in [5, 5.41) is 0. The summed E-state index contributed by atoms with van der Waals surface area (Å²) in [6.45, 7) is 0. The van der Waals surface area contributed by atoms with Gasteiger partial charge >= 0.3 is 12.4 Å². The molecule has 1 aromatic rings. The van der Waals surface area contributed by atoms with Gasteiger partial charge in [0.2, 0.25) is 0 Å². The normalized spacial score (nSPS) is 29.5. The van der Waals surface area contributed by atoms with E-state index >= 15 is 0 Å². The Labute approximate surface area is 165 Å². The Morgan fingerprint density at radius 3 is 1.56 bits per heavy atom. The van der Waals surface area contributed by atoms with Gasteiger partial charge in [-0.05, 0) is 24.3 Å². The smallest absolute Gasteiger partial charge is 0.295 e. The van der Waals surface area contributed by atoms with Crippen LogP contribution in [0.3, 0.4) is 0 Å². The Morgan fingerprint density at radius 1 is 0.852 bits per heavy atom. The maximum atomic E-state index is 13.0. The molecule has 1 aliphatic rings. The minimum absolute atomic E-state index is 0.294. The van der Waals surface area contributed by atoms with Crippen LogP contribution in [0.2, 0.25) is 0 Å². The number of hydrogen-bond donors (Lipinski definition) is 0. The van der Waals surface area contributed by atoms with E-state index in [0.717, 1.165) is 0 Å². The van der Waals surface area contributed by atoms with Gasteiger partial charge in [-0.15, -0.1) is 0 Å². The van der Waals surface area contributed by atoms with Crippen molar-refractivity contribution in [2.24, 2.45) is 0 Å². The van der Waals surface area contributed by atoms with E-state index in [1.165, 1.54) is 24.3 Å². The van der Waals surface area contributed by atoms with Crippen LogP contribution in [0.15, 0.2) is 30.3 Å². The van der Waals surface area contributed by atoms with Crippen LogP contribution in [0.5, 0.6) is 0 Å². The largest absolute Gasteiger partial charge is 0.451 e. The summed E-state index contributed by atoms with van der Waals surface area (Å²) < 4.78 is 72.0. The van der Waals surface area contributed by atoms with Crippen molar-refractivity contribution in [1.29, 1.82) is 0 Å². The first-order valence-corrected chi connectivity index (χ1v) is 8.93. The number of alkyl halides is 8. The van der Waals surface area contributed by atoms with Gasteiger partial charge in [0.15, 0.2) is 14.4 Å². The molecule has 1 aliphatic carbocycles. The zero-order valence-corrected chi connectivity index (χ0v) is 16.3. The summed E-state index contributed by atoms with van der Waals surface area (Å²) in [5.41, 5.74) is 0.294. The van der Waals surface area contributed by atoms with Crippen LogP contribution >= 0.6 is 31.9 Å². The van der Waals surface area contributed by atoms with E-state index in [1.807, 2.05) is 0 Å². The number of ketones is 3. The number of benzene rings is 1.